The molecule has 0 saturated carbocycles. The Morgan fingerprint density at radius 3 is 2.61 bits per heavy atom. The van der Waals surface area contributed by atoms with Crippen LogP contribution < -0.4 is 10.1 Å². The van der Waals surface area contributed by atoms with Gasteiger partial charge in [-0.25, -0.2) is 4.39 Å². The van der Waals surface area contributed by atoms with Crippen molar-refractivity contribution >= 4 is 23.4 Å². The second-order valence-corrected chi connectivity index (χ2v) is 7.37. The topological polar surface area (TPSA) is 81.9 Å². The van der Waals surface area contributed by atoms with Crippen LogP contribution in [0.25, 0.3) is 17.1 Å². The Morgan fingerprint density at radius 1 is 1.10 bits per heavy atom. The summed E-state index contributed by atoms with van der Waals surface area (Å²) in [7, 11) is 1.57. The number of ether oxygens (including phenoxy) is 1. The largest absolute Gasteiger partial charge is 0.497 e. The molecular formula is C22H18FN5O2S. The zero-order valence-corrected chi connectivity index (χ0v) is 17.3. The number of hydrogen-bond donors (Lipinski definition) is 1. The monoisotopic (exact) mass is 435 g/mol. The molecule has 9 heteroatoms. The van der Waals surface area contributed by atoms with Gasteiger partial charge in [0.05, 0.1) is 12.9 Å². The molecule has 7 nitrogen and oxygen atoms in total. The average Bonchev–Trinajstić information content (AvgIpc) is 3.23. The molecule has 2 aromatic heterocycles. The molecular weight excluding hydrogens is 417 g/mol. The van der Waals surface area contributed by atoms with E-state index < -0.39 is 0 Å². The van der Waals surface area contributed by atoms with Crippen molar-refractivity contribution < 1.29 is 13.9 Å². The predicted octanol–water partition coefficient (Wildman–Crippen LogP) is 4.21. The van der Waals surface area contributed by atoms with Crippen LogP contribution in [0.5, 0.6) is 5.75 Å². The van der Waals surface area contributed by atoms with Crippen molar-refractivity contribution in [3.05, 3.63) is 78.9 Å². The van der Waals surface area contributed by atoms with E-state index in [0.29, 0.717) is 28.1 Å². The summed E-state index contributed by atoms with van der Waals surface area (Å²) in [6.45, 7) is 0. The molecule has 31 heavy (non-hydrogen) atoms. The molecule has 156 valence electrons. The maximum atomic E-state index is 13.5. The molecule has 0 saturated heterocycles. The summed E-state index contributed by atoms with van der Waals surface area (Å²) in [5.41, 5.74) is 2.14. The van der Waals surface area contributed by atoms with Crippen LogP contribution in [0.1, 0.15) is 0 Å². The van der Waals surface area contributed by atoms with Gasteiger partial charge in [0.15, 0.2) is 11.0 Å². The number of aromatic nitrogens is 4. The Labute approximate surface area is 182 Å². The van der Waals surface area contributed by atoms with Gasteiger partial charge < -0.3 is 10.1 Å². The molecule has 0 fully saturated rings. The second-order valence-electron chi connectivity index (χ2n) is 6.42. The lowest BCUT2D eigenvalue weighted by Crippen LogP contribution is -2.14. The Bertz CT molecular complexity index is 1180. The first-order valence-electron chi connectivity index (χ1n) is 9.32. The van der Waals surface area contributed by atoms with Crippen LogP contribution in [-0.4, -0.2) is 38.5 Å². The molecule has 4 rings (SSSR count). The van der Waals surface area contributed by atoms with Crippen LogP contribution in [0.4, 0.5) is 10.1 Å². The molecule has 0 radical (unpaired) electrons. The van der Waals surface area contributed by atoms with Crippen molar-refractivity contribution in [3.63, 3.8) is 0 Å². The number of amides is 1. The number of nitrogens with zero attached hydrogens (tertiary/aromatic N) is 4. The van der Waals surface area contributed by atoms with Crippen molar-refractivity contribution in [2.75, 3.05) is 18.2 Å². The van der Waals surface area contributed by atoms with E-state index in [1.807, 2.05) is 12.1 Å². The number of carbonyl (C=O) groups excluding carboxylic acids is 1. The molecule has 1 amide bonds. The molecule has 2 aromatic carbocycles. The number of anilines is 1. The van der Waals surface area contributed by atoms with E-state index in [9.17, 15) is 9.18 Å². The summed E-state index contributed by atoms with van der Waals surface area (Å²) >= 11 is 1.24. The second kappa shape index (κ2) is 9.40. The number of nitrogens with one attached hydrogen (secondary N) is 1. The lowest BCUT2D eigenvalue weighted by molar-refractivity contribution is -0.113. The Morgan fingerprint density at radius 2 is 1.87 bits per heavy atom. The third kappa shape index (κ3) is 4.89. The summed E-state index contributed by atoms with van der Waals surface area (Å²) in [4.78, 5) is 16.5. The standard InChI is InChI=1S/C22H18FN5O2S/c1-30-19-4-2-3-17(13-19)25-20(29)14-31-22-27-26-21(15-9-11-24-12-10-15)28(22)18-7-5-16(23)6-8-18/h2-13H,14H2,1H3,(H,25,29). The van der Waals surface area contributed by atoms with Gasteiger partial charge in [-0.05, 0) is 48.5 Å². The van der Waals surface area contributed by atoms with Crippen LogP contribution in [0.3, 0.4) is 0 Å². The number of halogens is 1. The van der Waals surface area contributed by atoms with Crippen LogP contribution in [0, 0.1) is 5.82 Å². The van der Waals surface area contributed by atoms with E-state index in [1.54, 1.807) is 60.5 Å². The summed E-state index contributed by atoms with van der Waals surface area (Å²) in [5.74, 6) is 0.812. The Balaban J connectivity index is 1.57. The van der Waals surface area contributed by atoms with Gasteiger partial charge in [-0.15, -0.1) is 10.2 Å². The fraction of sp³-hybridized carbons (Fsp3) is 0.0909. The minimum atomic E-state index is -0.339. The SMILES string of the molecule is COc1cccc(NC(=O)CSc2nnc(-c3ccncc3)n2-c2ccc(F)cc2)c1. The summed E-state index contributed by atoms with van der Waals surface area (Å²) in [5, 5.41) is 11.9. The predicted molar refractivity (Wildman–Crippen MR) is 117 cm³/mol. The van der Waals surface area contributed by atoms with Gasteiger partial charge in [-0.2, -0.15) is 0 Å². The third-order valence-corrected chi connectivity index (χ3v) is 5.27. The maximum absolute atomic E-state index is 13.5. The number of carbonyl (C=O) groups is 1. The highest BCUT2D eigenvalue weighted by Crippen LogP contribution is 2.28. The third-order valence-electron chi connectivity index (χ3n) is 4.34. The highest BCUT2D eigenvalue weighted by molar-refractivity contribution is 7.99. The normalized spacial score (nSPS) is 10.6. The van der Waals surface area contributed by atoms with E-state index in [-0.39, 0.29) is 17.5 Å². The molecule has 0 aliphatic heterocycles. The van der Waals surface area contributed by atoms with Crippen LogP contribution in [0.2, 0.25) is 0 Å². The van der Waals surface area contributed by atoms with Gasteiger partial charge in [0.2, 0.25) is 5.91 Å². The zero-order valence-electron chi connectivity index (χ0n) is 16.5. The summed E-state index contributed by atoms with van der Waals surface area (Å²) in [6, 6.07) is 16.8. The molecule has 0 bridgehead atoms. The lowest BCUT2D eigenvalue weighted by atomic mass is 10.2. The van der Waals surface area contributed by atoms with E-state index in [0.717, 1.165) is 5.56 Å². The van der Waals surface area contributed by atoms with Crippen molar-refractivity contribution in [3.8, 4) is 22.8 Å². The summed E-state index contributed by atoms with van der Waals surface area (Å²) < 4.78 is 20.4. The molecule has 4 aromatic rings. The van der Waals surface area contributed by atoms with Crippen LogP contribution in [-0.2, 0) is 4.79 Å². The fourth-order valence-electron chi connectivity index (χ4n) is 2.90. The zero-order chi connectivity index (χ0) is 21.6. The molecule has 0 aliphatic carbocycles. The average molecular weight is 435 g/mol. The van der Waals surface area contributed by atoms with Gasteiger partial charge in [-0.3, -0.25) is 14.3 Å². The minimum Gasteiger partial charge on any atom is -0.497 e. The Kier molecular flexibility index (Phi) is 6.23. The minimum absolute atomic E-state index is 0.118. The van der Waals surface area contributed by atoms with Crippen molar-refractivity contribution in [2.45, 2.75) is 5.16 Å². The number of thioether (sulfide) groups is 1. The van der Waals surface area contributed by atoms with Crippen LogP contribution >= 0.6 is 11.8 Å². The van der Waals surface area contributed by atoms with Crippen molar-refractivity contribution in [2.24, 2.45) is 0 Å². The van der Waals surface area contributed by atoms with E-state index in [2.05, 4.69) is 20.5 Å². The molecule has 0 unspecified atom stereocenters. The smallest absolute Gasteiger partial charge is 0.234 e. The first kappa shape index (κ1) is 20.5. The van der Waals surface area contributed by atoms with E-state index in [1.165, 1.54) is 23.9 Å². The molecule has 0 atom stereocenters. The number of benzene rings is 2. The Hall–Kier alpha value is -3.72. The lowest BCUT2D eigenvalue weighted by Gasteiger charge is -2.11. The van der Waals surface area contributed by atoms with Gasteiger partial charge in [-0.1, -0.05) is 17.8 Å². The number of rotatable bonds is 7. The van der Waals surface area contributed by atoms with Gasteiger partial charge >= 0.3 is 0 Å². The fourth-order valence-corrected chi connectivity index (χ4v) is 3.65. The first-order chi connectivity index (χ1) is 15.1. The van der Waals surface area contributed by atoms with Gasteiger partial charge in [0.1, 0.15) is 11.6 Å². The van der Waals surface area contributed by atoms with Crippen molar-refractivity contribution in [1.29, 1.82) is 0 Å². The highest BCUT2D eigenvalue weighted by Gasteiger charge is 2.17. The number of hydrogen-bond acceptors (Lipinski definition) is 6. The quantitative estimate of drug-likeness (QED) is 0.438. The molecule has 0 aliphatic rings. The molecule has 0 spiro atoms. The number of methoxy groups -OCH3 is 1. The molecule has 2 heterocycles. The van der Waals surface area contributed by atoms with E-state index in [4.69, 9.17) is 4.74 Å². The van der Waals surface area contributed by atoms with Crippen molar-refractivity contribution in [1.82, 2.24) is 19.7 Å². The first-order valence-corrected chi connectivity index (χ1v) is 10.3. The van der Waals surface area contributed by atoms with Gasteiger partial charge in [0.25, 0.3) is 0 Å². The van der Waals surface area contributed by atoms with E-state index >= 15 is 0 Å². The van der Waals surface area contributed by atoms with Gasteiger partial charge in [0, 0.05) is 35.4 Å². The van der Waals surface area contributed by atoms with Crippen LogP contribution in [0.15, 0.2) is 78.2 Å². The molecule has 1 N–H and O–H groups in total. The maximum Gasteiger partial charge on any atom is 0.234 e. The summed E-state index contributed by atoms with van der Waals surface area (Å²) in [6.07, 6.45) is 3.32. The number of pyridine rings is 1. The highest BCUT2D eigenvalue weighted by atomic mass is 32.2.